The Kier molecular flexibility index (Phi) is 3.94. The Morgan fingerprint density at radius 2 is 2.15 bits per heavy atom. The molecule has 20 heavy (non-hydrogen) atoms. The first kappa shape index (κ1) is 13.5. The SMILES string of the molecule is COc1ccc(Cn2nnc(C(N)=O)c2NC=O)cc1. The molecule has 104 valence electrons. The molecule has 1 aromatic heterocycles. The second-order valence-corrected chi connectivity index (χ2v) is 3.92. The number of hydrogen-bond acceptors (Lipinski definition) is 5. The van der Waals surface area contributed by atoms with Gasteiger partial charge >= 0.3 is 0 Å². The van der Waals surface area contributed by atoms with Gasteiger partial charge in [0.15, 0.2) is 11.5 Å². The number of nitrogens with two attached hydrogens (primary N) is 1. The Bertz CT molecular complexity index is 621. The Balaban J connectivity index is 2.27. The van der Waals surface area contributed by atoms with E-state index in [4.69, 9.17) is 10.5 Å². The number of ether oxygens (including phenoxy) is 1. The smallest absolute Gasteiger partial charge is 0.273 e. The Labute approximate surface area is 114 Å². The highest BCUT2D eigenvalue weighted by Gasteiger charge is 2.17. The number of methoxy groups -OCH3 is 1. The van der Waals surface area contributed by atoms with Crippen LogP contribution in [0, 0.1) is 0 Å². The van der Waals surface area contributed by atoms with Crippen molar-refractivity contribution >= 4 is 18.1 Å². The number of carbonyl (C=O) groups excluding carboxylic acids is 2. The van der Waals surface area contributed by atoms with Gasteiger partial charge in [0.1, 0.15) is 5.75 Å². The van der Waals surface area contributed by atoms with Gasteiger partial charge in [0, 0.05) is 0 Å². The normalized spacial score (nSPS) is 10.1. The summed E-state index contributed by atoms with van der Waals surface area (Å²) >= 11 is 0. The van der Waals surface area contributed by atoms with Crippen molar-refractivity contribution in [2.75, 3.05) is 12.4 Å². The summed E-state index contributed by atoms with van der Waals surface area (Å²) in [6, 6.07) is 7.28. The zero-order valence-corrected chi connectivity index (χ0v) is 10.7. The summed E-state index contributed by atoms with van der Waals surface area (Å²) in [7, 11) is 1.58. The molecule has 0 saturated carbocycles. The van der Waals surface area contributed by atoms with E-state index in [1.807, 2.05) is 12.1 Å². The predicted octanol–water partition coefficient (Wildman–Crippen LogP) is 0.00220. The fourth-order valence-electron chi connectivity index (χ4n) is 1.69. The van der Waals surface area contributed by atoms with Crippen LogP contribution in [0.2, 0.25) is 0 Å². The van der Waals surface area contributed by atoms with Gasteiger partial charge in [0.2, 0.25) is 6.41 Å². The van der Waals surface area contributed by atoms with Crippen LogP contribution in [0.5, 0.6) is 5.75 Å². The Morgan fingerprint density at radius 1 is 1.45 bits per heavy atom. The third-order valence-electron chi connectivity index (χ3n) is 2.66. The molecule has 0 unspecified atom stereocenters. The maximum absolute atomic E-state index is 11.2. The lowest BCUT2D eigenvalue weighted by Gasteiger charge is -2.06. The van der Waals surface area contributed by atoms with Crippen LogP contribution in [0.15, 0.2) is 24.3 Å². The van der Waals surface area contributed by atoms with Crippen molar-refractivity contribution < 1.29 is 14.3 Å². The van der Waals surface area contributed by atoms with Crippen molar-refractivity contribution in [3.05, 3.63) is 35.5 Å². The number of nitrogens with zero attached hydrogens (tertiary/aromatic N) is 3. The minimum Gasteiger partial charge on any atom is -0.497 e. The van der Waals surface area contributed by atoms with E-state index in [1.165, 1.54) is 4.68 Å². The second kappa shape index (κ2) is 5.83. The minimum atomic E-state index is -0.754. The van der Waals surface area contributed by atoms with Gasteiger partial charge in [0.25, 0.3) is 5.91 Å². The van der Waals surface area contributed by atoms with E-state index in [9.17, 15) is 9.59 Å². The van der Waals surface area contributed by atoms with Crippen LogP contribution < -0.4 is 15.8 Å². The number of hydrogen-bond donors (Lipinski definition) is 2. The summed E-state index contributed by atoms with van der Waals surface area (Å²) in [5, 5.41) is 9.84. The van der Waals surface area contributed by atoms with Crippen LogP contribution in [0.25, 0.3) is 0 Å². The molecule has 1 aromatic carbocycles. The van der Waals surface area contributed by atoms with Gasteiger partial charge in [-0.25, -0.2) is 4.68 Å². The number of primary amides is 1. The molecule has 0 aliphatic heterocycles. The topological polar surface area (TPSA) is 112 Å². The predicted molar refractivity (Wildman–Crippen MR) is 70.3 cm³/mol. The molecule has 0 atom stereocenters. The van der Waals surface area contributed by atoms with E-state index in [0.717, 1.165) is 11.3 Å². The van der Waals surface area contributed by atoms with Crippen LogP contribution in [-0.2, 0) is 11.3 Å². The molecule has 0 fully saturated rings. The van der Waals surface area contributed by atoms with E-state index in [1.54, 1.807) is 19.2 Å². The first-order valence-corrected chi connectivity index (χ1v) is 5.72. The van der Waals surface area contributed by atoms with Gasteiger partial charge in [0.05, 0.1) is 13.7 Å². The monoisotopic (exact) mass is 275 g/mol. The summed E-state index contributed by atoms with van der Waals surface area (Å²) in [4.78, 5) is 21.8. The minimum absolute atomic E-state index is 0.0781. The zero-order valence-electron chi connectivity index (χ0n) is 10.7. The third kappa shape index (κ3) is 2.74. The fraction of sp³-hybridized carbons (Fsp3) is 0.167. The van der Waals surface area contributed by atoms with Crippen LogP contribution in [0.1, 0.15) is 16.1 Å². The molecule has 2 amide bonds. The van der Waals surface area contributed by atoms with Gasteiger partial charge < -0.3 is 15.8 Å². The van der Waals surface area contributed by atoms with Gasteiger partial charge in [-0.05, 0) is 17.7 Å². The molecule has 0 aliphatic carbocycles. The zero-order chi connectivity index (χ0) is 14.5. The van der Waals surface area contributed by atoms with Crippen molar-refractivity contribution in [1.82, 2.24) is 15.0 Å². The number of anilines is 1. The molecule has 0 spiro atoms. The molecule has 2 aromatic rings. The lowest BCUT2D eigenvalue weighted by atomic mass is 10.2. The van der Waals surface area contributed by atoms with Crippen LogP contribution >= 0.6 is 0 Å². The van der Waals surface area contributed by atoms with E-state index >= 15 is 0 Å². The number of rotatable bonds is 6. The maximum Gasteiger partial charge on any atom is 0.273 e. The summed E-state index contributed by atoms with van der Waals surface area (Å²) < 4.78 is 6.45. The van der Waals surface area contributed by atoms with Crippen molar-refractivity contribution in [1.29, 1.82) is 0 Å². The van der Waals surface area contributed by atoms with Crippen molar-refractivity contribution in [3.8, 4) is 5.75 Å². The molecule has 1 heterocycles. The van der Waals surface area contributed by atoms with Crippen LogP contribution in [0.3, 0.4) is 0 Å². The molecule has 0 radical (unpaired) electrons. The molecule has 0 aliphatic rings. The molecule has 2 rings (SSSR count). The average molecular weight is 275 g/mol. The number of benzene rings is 1. The number of nitrogens with one attached hydrogen (secondary N) is 1. The van der Waals surface area contributed by atoms with E-state index in [0.29, 0.717) is 13.0 Å². The van der Waals surface area contributed by atoms with E-state index < -0.39 is 5.91 Å². The molecule has 0 bridgehead atoms. The lowest BCUT2D eigenvalue weighted by Crippen LogP contribution is -2.15. The van der Waals surface area contributed by atoms with Gasteiger partial charge in [-0.1, -0.05) is 17.3 Å². The molecule has 8 heteroatoms. The van der Waals surface area contributed by atoms with Crippen molar-refractivity contribution in [2.45, 2.75) is 6.54 Å². The molecule has 8 nitrogen and oxygen atoms in total. The molecule has 3 N–H and O–H groups in total. The van der Waals surface area contributed by atoms with Crippen LogP contribution in [0.4, 0.5) is 5.82 Å². The molecular weight excluding hydrogens is 262 g/mol. The Hall–Kier alpha value is -2.90. The third-order valence-corrected chi connectivity index (χ3v) is 2.66. The highest BCUT2D eigenvalue weighted by atomic mass is 16.5. The summed E-state index contributed by atoms with van der Waals surface area (Å²) in [5.41, 5.74) is 5.99. The maximum atomic E-state index is 11.2. The Morgan fingerprint density at radius 3 is 2.70 bits per heavy atom. The van der Waals surface area contributed by atoms with Gasteiger partial charge in [-0.3, -0.25) is 9.59 Å². The van der Waals surface area contributed by atoms with Crippen LogP contribution in [-0.4, -0.2) is 34.4 Å². The number of aromatic nitrogens is 3. The number of amides is 2. The van der Waals surface area contributed by atoms with Gasteiger partial charge in [-0.15, -0.1) is 5.10 Å². The second-order valence-electron chi connectivity index (χ2n) is 3.92. The first-order chi connectivity index (χ1) is 9.65. The standard InChI is InChI=1S/C12H13N5O3/c1-20-9-4-2-8(3-5-9)6-17-12(14-7-18)10(11(13)19)15-16-17/h2-5,7H,6H2,1H3,(H2,13,19)(H,14,18). The van der Waals surface area contributed by atoms with E-state index in [-0.39, 0.29) is 11.5 Å². The molecule has 0 saturated heterocycles. The lowest BCUT2D eigenvalue weighted by molar-refractivity contribution is -0.105. The van der Waals surface area contributed by atoms with Crippen molar-refractivity contribution in [2.24, 2.45) is 5.73 Å². The summed E-state index contributed by atoms with van der Waals surface area (Å²) in [6.07, 6.45) is 0.440. The highest BCUT2D eigenvalue weighted by Crippen LogP contribution is 2.16. The highest BCUT2D eigenvalue weighted by molar-refractivity contribution is 5.97. The summed E-state index contributed by atoms with van der Waals surface area (Å²) in [5.74, 6) is 0.148. The fourth-order valence-corrected chi connectivity index (χ4v) is 1.69. The quantitative estimate of drug-likeness (QED) is 0.721. The van der Waals surface area contributed by atoms with Gasteiger partial charge in [-0.2, -0.15) is 0 Å². The average Bonchev–Trinajstić information content (AvgIpc) is 2.83. The van der Waals surface area contributed by atoms with Crippen molar-refractivity contribution in [3.63, 3.8) is 0 Å². The number of carbonyl (C=O) groups is 2. The van der Waals surface area contributed by atoms with E-state index in [2.05, 4.69) is 15.6 Å². The summed E-state index contributed by atoms with van der Waals surface area (Å²) in [6.45, 7) is 0.334. The molecular formula is C12H13N5O3. The largest absolute Gasteiger partial charge is 0.497 e. The first-order valence-electron chi connectivity index (χ1n) is 5.72.